The van der Waals surface area contributed by atoms with E-state index >= 15 is 0 Å². The SMILES string of the molecule is CCOc1ccc([C@@H]2CCCN2C(=O)Cc2ccc(OCc3c(C)noc3C)cc2)cc1. The maximum Gasteiger partial charge on any atom is 0.227 e. The molecule has 0 aliphatic carbocycles. The molecule has 4 rings (SSSR count). The fraction of sp³-hybridized carbons (Fsp3) is 0.385. The van der Waals surface area contributed by atoms with Gasteiger partial charge >= 0.3 is 0 Å². The van der Waals surface area contributed by atoms with Gasteiger partial charge in [-0.1, -0.05) is 29.4 Å². The lowest BCUT2D eigenvalue weighted by molar-refractivity contribution is -0.131. The first-order chi connectivity index (χ1) is 15.5. The van der Waals surface area contributed by atoms with Crippen LogP contribution in [0.3, 0.4) is 0 Å². The van der Waals surface area contributed by atoms with Crippen LogP contribution in [-0.4, -0.2) is 29.1 Å². The maximum absolute atomic E-state index is 13.1. The highest BCUT2D eigenvalue weighted by Gasteiger charge is 2.29. The molecule has 1 atom stereocenters. The van der Waals surface area contributed by atoms with E-state index in [0.29, 0.717) is 19.6 Å². The van der Waals surface area contributed by atoms with Crippen LogP contribution in [0.15, 0.2) is 53.1 Å². The summed E-state index contributed by atoms with van der Waals surface area (Å²) in [6.07, 6.45) is 2.41. The van der Waals surface area contributed by atoms with Crippen molar-refractivity contribution in [2.45, 2.75) is 52.7 Å². The number of amides is 1. The first-order valence-corrected chi connectivity index (χ1v) is 11.2. The second kappa shape index (κ2) is 9.90. The van der Waals surface area contributed by atoms with E-state index < -0.39 is 0 Å². The average Bonchev–Trinajstić information content (AvgIpc) is 3.41. The molecule has 168 valence electrons. The van der Waals surface area contributed by atoms with Gasteiger partial charge in [-0.15, -0.1) is 0 Å². The molecule has 0 saturated carbocycles. The van der Waals surface area contributed by atoms with Crippen molar-refractivity contribution in [1.82, 2.24) is 10.1 Å². The van der Waals surface area contributed by atoms with E-state index in [0.717, 1.165) is 53.5 Å². The summed E-state index contributed by atoms with van der Waals surface area (Å²) in [7, 11) is 0. The minimum absolute atomic E-state index is 0.135. The van der Waals surface area contributed by atoms with Gasteiger partial charge in [-0.05, 0) is 69.0 Å². The normalized spacial score (nSPS) is 15.7. The molecule has 1 saturated heterocycles. The zero-order chi connectivity index (χ0) is 22.5. The van der Waals surface area contributed by atoms with Crippen molar-refractivity contribution in [2.24, 2.45) is 0 Å². The Morgan fingerprint density at radius 1 is 1.06 bits per heavy atom. The largest absolute Gasteiger partial charge is 0.494 e. The number of benzene rings is 2. The van der Waals surface area contributed by atoms with Gasteiger partial charge in [-0.2, -0.15) is 0 Å². The van der Waals surface area contributed by atoms with Crippen LogP contribution in [0.25, 0.3) is 0 Å². The zero-order valence-corrected chi connectivity index (χ0v) is 19.0. The van der Waals surface area contributed by atoms with Gasteiger partial charge in [0.05, 0.1) is 30.3 Å². The van der Waals surface area contributed by atoms with Crippen LogP contribution in [0.4, 0.5) is 0 Å². The number of hydrogen-bond acceptors (Lipinski definition) is 5. The lowest BCUT2D eigenvalue weighted by Crippen LogP contribution is -2.31. The molecular weight excluding hydrogens is 404 g/mol. The Balaban J connectivity index is 1.35. The van der Waals surface area contributed by atoms with E-state index in [1.165, 1.54) is 5.56 Å². The quantitative estimate of drug-likeness (QED) is 0.489. The lowest BCUT2D eigenvalue weighted by Gasteiger charge is -2.25. The van der Waals surface area contributed by atoms with E-state index in [9.17, 15) is 4.79 Å². The van der Waals surface area contributed by atoms with Crippen molar-refractivity contribution in [1.29, 1.82) is 0 Å². The Labute approximate surface area is 189 Å². The van der Waals surface area contributed by atoms with Crippen molar-refractivity contribution < 1.29 is 18.8 Å². The van der Waals surface area contributed by atoms with Gasteiger partial charge in [-0.3, -0.25) is 4.79 Å². The van der Waals surface area contributed by atoms with Crippen molar-refractivity contribution in [3.05, 3.63) is 76.7 Å². The molecule has 1 aliphatic heterocycles. The van der Waals surface area contributed by atoms with Gasteiger partial charge in [0.15, 0.2) is 0 Å². The molecule has 1 aromatic heterocycles. The fourth-order valence-corrected chi connectivity index (χ4v) is 4.21. The molecule has 0 spiro atoms. The summed E-state index contributed by atoms with van der Waals surface area (Å²) >= 11 is 0. The summed E-state index contributed by atoms with van der Waals surface area (Å²) in [5.41, 5.74) is 3.97. The second-order valence-electron chi connectivity index (χ2n) is 8.16. The Hall–Kier alpha value is -3.28. The monoisotopic (exact) mass is 434 g/mol. The molecule has 2 heterocycles. The highest BCUT2D eigenvalue weighted by Crippen LogP contribution is 2.33. The predicted molar refractivity (Wildman–Crippen MR) is 122 cm³/mol. The first-order valence-electron chi connectivity index (χ1n) is 11.2. The summed E-state index contributed by atoms with van der Waals surface area (Å²) in [6.45, 7) is 7.63. The van der Waals surface area contributed by atoms with Crippen molar-refractivity contribution in [3.63, 3.8) is 0 Å². The molecular formula is C26H30N2O4. The molecule has 1 amide bonds. The zero-order valence-electron chi connectivity index (χ0n) is 19.0. The molecule has 0 radical (unpaired) electrons. The number of rotatable bonds is 8. The minimum Gasteiger partial charge on any atom is -0.494 e. The fourth-order valence-electron chi connectivity index (χ4n) is 4.21. The average molecular weight is 435 g/mol. The number of ether oxygens (including phenoxy) is 2. The molecule has 6 heteroatoms. The van der Waals surface area contributed by atoms with Gasteiger partial charge in [0.2, 0.25) is 5.91 Å². The van der Waals surface area contributed by atoms with Crippen molar-refractivity contribution in [3.8, 4) is 11.5 Å². The third-order valence-corrected chi connectivity index (χ3v) is 5.99. The summed E-state index contributed by atoms with van der Waals surface area (Å²) in [6, 6.07) is 16.0. The number of carbonyl (C=O) groups excluding carboxylic acids is 1. The summed E-state index contributed by atoms with van der Waals surface area (Å²) in [5, 5.41) is 3.95. The third-order valence-electron chi connectivity index (χ3n) is 5.99. The molecule has 0 N–H and O–H groups in total. The third kappa shape index (κ3) is 4.96. The topological polar surface area (TPSA) is 64.8 Å². The Morgan fingerprint density at radius 3 is 2.41 bits per heavy atom. The van der Waals surface area contributed by atoms with Crippen LogP contribution in [0, 0.1) is 13.8 Å². The van der Waals surface area contributed by atoms with Crippen LogP contribution in [-0.2, 0) is 17.8 Å². The van der Waals surface area contributed by atoms with Gasteiger partial charge < -0.3 is 18.9 Å². The van der Waals surface area contributed by atoms with Crippen molar-refractivity contribution in [2.75, 3.05) is 13.2 Å². The van der Waals surface area contributed by atoms with E-state index in [2.05, 4.69) is 17.3 Å². The van der Waals surface area contributed by atoms with E-state index in [4.69, 9.17) is 14.0 Å². The minimum atomic E-state index is 0.135. The number of hydrogen-bond donors (Lipinski definition) is 0. The van der Waals surface area contributed by atoms with Gasteiger partial charge in [0, 0.05) is 6.54 Å². The first kappa shape index (κ1) is 21.9. The molecule has 3 aromatic rings. The van der Waals surface area contributed by atoms with Crippen LogP contribution < -0.4 is 9.47 Å². The van der Waals surface area contributed by atoms with Gasteiger partial charge in [0.25, 0.3) is 0 Å². The number of aromatic nitrogens is 1. The molecule has 32 heavy (non-hydrogen) atoms. The standard InChI is InChI=1S/C26H30N2O4/c1-4-30-22-13-9-21(10-14-22)25-6-5-15-28(25)26(29)16-20-7-11-23(12-8-20)31-17-24-18(2)27-32-19(24)3/h7-14,25H,4-6,15-17H2,1-3H3/t25-/m0/s1. The number of carbonyl (C=O) groups is 1. The van der Waals surface area contributed by atoms with Crippen LogP contribution >= 0.6 is 0 Å². The molecule has 2 aromatic carbocycles. The summed E-state index contributed by atoms with van der Waals surface area (Å²) in [4.78, 5) is 15.1. The smallest absolute Gasteiger partial charge is 0.227 e. The van der Waals surface area contributed by atoms with Crippen molar-refractivity contribution >= 4 is 5.91 Å². The number of likely N-dealkylation sites (tertiary alicyclic amines) is 1. The number of nitrogens with zero attached hydrogens (tertiary/aromatic N) is 2. The summed E-state index contributed by atoms with van der Waals surface area (Å²) in [5.74, 6) is 2.56. The summed E-state index contributed by atoms with van der Waals surface area (Å²) < 4.78 is 16.6. The van der Waals surface area contributed by atoms with Gasteiger partial charge in [0.1, 0.15) is 23.9 Å². The predicted octanol–water partition coefficient (Wildman–Crippen LogP) is 5.18. The van der Waals surface area contributed by atoms with Crippen LogP contribution in [0.1, 0.15) is 54.0 Å². The Kier molecular flexibility index (Phi) is 6.78. The molecule has 1 fully saturated rings. The van der Waals surface area contributed by atoms with Crippen LogP contribution in [0.2, 0.25) is 0 Å². The second-order valence-corrected chi connectivity index (χ2v) is 8.16. The lowest BCUT2D eigenvalue weighted by atomic mass is 10.0. The molecule has 6 nitrogen and oxygen atoms in total. The van der Waals surface area contributed by atoms with E-state index in [1.54, 1.807) is 0 Å². The van der Waals surface area contributed by atoms with Crippen LogP contribution in [0.5, 0.6) is 11.5 Å². The Bertz CT molecular complexity index is 1020. The van der Waals surface area contributed by atoms with E-state index in [1.807, 2.05) is 62.1 Å². The maximum atomic E-state index is 13.1. The molecule has 0 bridgehead atoms. The van der Waals surface area contributed by atoms with Gasteiger partial charge in [-0.25, -0.2) is 0 Å². The highest BCUT2D eigenvalue weighted by molar-refractivity contribution is 5.79. The van der Waals surface area contributed by atoms with E-state index in [-0.39, 0.29) is 11.9 Å². The Morgan fingerprint density at radius 2 is 1.75 bits per heavy atom. The molecule has 1 aliphatic rings. The highest BCUT2D eigenvalue weighted by atomic mass is 16.5. The number of aryl methyl sites for hydroxylation is 2. The molecule has 0 unspecified atom stereocenters.